The highest BCUT2D eigenvalue weighted by molar-refractivity contribution is 6.42. The van der Waals surface area contributed by atoms with E-state index < -0.39 is 9.85 Å². The van der Waals surface area contributed by atoms with Crippen molar-refractivity contribution in [1.82, 2.24) is 0 Å². The van der Waals surface area contributed by atoms with Crippen molar-refractivity contribution in [3.63, 3.8) is 0 Å². The Kier molecular flexibility index (Phi) is 7.14. The molecule has 11 heteroatoms. The molecule has 0 aliphatic carbocycles. The Balaban J connectivity index is 1.88. The maximum absolute atomic E-state index is 11.4. The van der Waals surface area contributed by atoms with Crippen molar-refractivity contribution in [1.29, 1.82) is 0 Å². The number of hydrogen-bond acceptors (Lipinski definition) is 5. The number of rotatable bonds is 6. The molecule has 0 aliphatic rings. The Morgan fingerprint density at radius 3 is 1.29 bits per heavy atom. The summed E-state index contributed by atoms with van der Waals surface area (Å²) >= 11 is 24.4. The van der Waals surface area contributed by atoms with Gasteiger partial charge < -0.3 is 4.74 Å². The summed E-state index contributed by atoms with van der Waals surface area (Å²) in [5.41, 5.74) is 1.47. The van der Waals surface area contributed by atoms with E-state index in [-0.39, 0.29) is 32.9 Å². The highest BCUT2D eigenvalue weighted by atomic mass is 35.5. The number of hydrogen-bond donors (Lipinski definition) is 0. The topological polar surface area (TPSA) is 95.5 Å². The molecule has 0 aliphatic heterocycles. The third kappa shape index (κ3) is 5.33. The third-order valence-electron chi connectivity index (χ3n) is 5.03. The van der Waals surface area contributed by atoms with Crippen LogP contribution in [0.2, 0.25) is 20.1 Å². The van der Waals surface area contributed by atoms with Crippen LogP contribution in [0.5, 0.6) is 11.5 Å². The van der Waals surface area contributed by atoms with Crippen molar-refractivity contribution in [3.05, 3.63) is 113 Å². The highest BCUT2D eigenvalue weighted by Gasteiger charge is 2.19. The lowest BCUT2D eigenvalue weighted by atomic mass is 10.0. The molecule has 0 N–H and O–H groups in total. The maximum atomic E-state index is 11.4. The van der Waals surface area contributed by atoms with Crippen LogP contribution >= 0.6 is 46.4 Å². The second-order valence-corrected chi connectivity index (χ2v) is 8.86. The first-order valence-corrected chi connectivity index (χ1v) is 11.3. The van der Waals surface area contributed by atoms with Crippen LogP contribution in [-0.4, -0.2) is 9.85 Å². The van der Waals surface area contributed by atoms with Crippen LogP contribution in [0.25, 0.3) is 22.3 Å². The van der Waals surface area contributed by atoms with E-state index >= 15 is 0 Å². The van der Waals surface area contributed by atoms with Gasteiger partial charge in [-0.2, -0.15) is 0 Å². The Hall–Kier alpha value is -3.36. The van der Waals surface area contributed by atoms with Gasteiger partial charge in [-0.3, -0.25) is 20.2 Å². The minimum absolute atomic E-state index is 0.160. The standard InChI is InChI=1S/C24H12Cl4N2O5/c25-19-5-1-13(9-21(19)27)17-11-15(29(31)32)3-7-23(17)35-24-8-4-16(30(33)34)12-18(24)14-2-6-20(26)22(28)10-14/h1-12H. The van der Waals surface area contributed by atoms with Gasteiger partial charge in [-0.15, -0.1) is 0 Å². The van der Waals surface area contributed by atoms with Crippen molar-refractivity contribution in [3.8, 4) is 33.8 Å². The first kappa shape index (κ1) is 24.8. The Morgan fingerprint density at radius 1 is 0.543 bits per heavy atom. The summed E-state index contributed by atoms with van der Waals surface area (Å²) in [5.74, 6) is 0.508. The number of halogens is 4. The number of nitrogens with zero attached hydrogens (tertiary/aromatic N) is 2. The number of nitro benzene ring substituents is 2. The molecule has 0 aromatic heterocycles. The van der Waals surface area contributed by atoms with Gasteiger partial charge in [0.1, 0.15) is 11.5 Å². The number of ether oxygens (including phenoxy) is 1. The van der Waals surface area contributed by atoms with Gasteiger partial charge in [-0.25, -0.2) is 0 Å². The smallest absolute Gasteiger partial charge is 0.270 e. The molecule has 4 aromatic rings. The Bertz CT molecular complexity index is 1380. The summed E-state index contributed by atoms with van der Waals surface area (Å²) in [6.07, 6.45) is 0. The van der Waals surface area contributed by atoms with Gasteiger partial charge in [0.25, 0.3) is 11.4 Å². The van der Waals surface area contributed by atoms with Crippen LogP contribution in [0.1, 0.15) is 0 Å². The minimum Gasteiger partial charge on any atom is -0.456 e. The van der Waals surface area contributed by atoms with Gasteiger partial charge in [0, 0.05) is 35.4 Å². The number of non-ortho nitro benzene ring substituents is 2. The summed E-state index contributed by atoms with van der Waals surface area (Å²) in [6, 6.07) is 17.7. The Labute approximate surface area is 218 Å². The zero-order chi connectivity index (χ0) is 25.3. The number of benzene rings is 4. The van der Waals surface area contributed by atoms with Crippen LogP contribution in [0.15, 0.2) is 72.8 Å². The molecule has 0 saturated carbocycles. The predicted octanol–water partition coefficient (Wildman–Crippen LogP) is 9.24. The van der Waals surface area contributed by atoms with Gasteiger partial charge in [0.15, 0.2) is 0 Å². The molecule has 0 bridgehead atoms. The fourth-order valence-electron chi connectivity index (χ4n) is 3.34. The predicted molar refractivity (Wildman–Crippen MR) is 137 cm³/mol. The fraction of sp³-hybridized carbons (Fsp3) is 0. The van der Waals surface area contributed by atoms with Crippen LogP contribution in [-0.2, 0) is 0 Å². The van der Waals surface area contributed by atoms with Gasteiger partial charge in [0.2, 0.25) is 0 Å². The van der Waals surface area contributed by atoms with Crippen molar-refractivity contribution < 1.29 is 14.6 Å². The van der Waals surface area contributed by atoms with Gasteiger partial charge in [0.05, 0.1) is 29.9 Å². The van der Waals surface area contributed by atoms with Crippen LogP contribution in [0.4, 0.5) is 11.4 Å². The molecule has 4 rings (SSSR count). The molecule has 4 aromatic carbocycles. The first-order chi connectivity index (χ1) is 16.6. The zero-order valence-electron chi connectivity index (χ0n) is 17.4. The normalized spacial score (nSPS) is 10.7. The van der Waals surface area contributed by atoms with E-state index in [1.807, 2.05) is 0 Å². The quantitative estimate of drug-likeness (QED) is 0.176. The fourth-order valence-corrected chi connectivity index (χ4v) is 3.93. The van der Waals surface area contributed by atoms with E-state index in [2.05, 4.69) is 0 Å². The van der Waals surface area contributed by atoms with E-state index in [0.29, 0.717) is 32.3 Å². The second kappa shape index (κ2) is 10.1. The van der Waals surface area contributed by atoms with E-state index in [0.717, 1.165) is 0 Å². The summed E-state index contributed by atoms with van der Waals surface area (Å²) in [5, 5.41) is 24.0. The Morgan fingerprint density at radius 2 is 0.943 bits per heavy atom. The summed E-state index contributed by atoms with van der Waals surface area (Å²) in [4.78, 5) is 21.8. The van der Waals surface area contributed by atoms with Crippen LogP contribution in [0, 0.1) is 20.2 Å². The summed E-state index contributed by atoms with van der Waals surface area (Å²) < 4.78 is 6.16. The van der Waals surface area contributed by atoms with Crippen molar-refractivity contribution >= 4 is 57.8 Å². The molecule has 0 saturated heterocycles. The molecular weight excluding hydrogens is 538 g/mol. The second-order valence-electron chi connectivity index (χ2n) is 7.23. The molecule has 0 spiro atoms. The van der Waals surface area contributed by atoms with Gasteiger partial charge in [-0.1, -0.05) is 58.5 Å². The highest BCUT2D eigenvalue weighted by Crippen LogP contribution is 2.42. The molecule has 0 atom stereocenters. The van der Waals surface area contributed by atoms with Crippen LogP contribution in [0.3, 0.4) is 0 Å². The molecule has 0 radical (unpaired) electrons. The van der Waals surface area contributed by atoms with Gasteiger partial charge in [-0.05, 0) is 47.5 Å². The van der Waals surface area contributed by atoms with Gasteiger partial charge >= 0.3 is 0 Å². The van der Waals surface area contributed by atoms with E-state index in [1.165, 1.54) is 36.4 Å². The average Bonchev–Trinajstić information content (AvgIpc) is 2.83. The summed E-state index contributed by atoms with van der Waals surface area (Å²) in [6.45, 7) is 0. The van der Waals surface area contributed by atoms with E-state index in [9.17, 15) is 20.2 Å². The molecule has 7 nitrogen and oxygen atoms in total. The lowest BCUT2D eigenvalue weighted by Crippen LogP contribution is -1.95. The third-order valence-corrected chi connectivity index (χ3v) is 6.51. The first-order valence-electron chi connectivity index (χ1n) is 9.79. The zero-order valence-corrected chi connectivity index (χ0v) is 20.4. The molecular formula is C24H12Cl4N2O5. The van der Waals surface area contributed by atoms with Crippen LogP contribution < -0.4 is 4.74 Å². The SMILES string of the molecule is O=[N+]([O-])c1ccc(Oc2ccc([N+](=O)[O-])cc2-c2ccc(Cl)c(Cl)c2)c(-c2ccc(Cl)c(Cl)c2)c1. The molecule has 176 valence electrons. The molecule has 0 fully saturated rings. The summed E-state index contributed by atoms with van der Waals surface area (Å²) in [7, 11) is 0. The lowest BCUT2D eigenvalue weighted by Gasteiger charge is -2.15. The van der Waals surface area contributed by atoms with E-state index in [1.54, 1.807) is 36.4 Å². The van der Waals surface area contributed by atoms with Crippen molar-refractivity contribution in [2.24, 2.45) is 0 Å². The van der Waals surface area contributed by atoms with Crippen molar-refractivity contribution in [2.45, 2.75) is 0 Å². The van der Waals surface area contributed by atoms with Crippen molar-refractivity contribution in [2.75, 3.05) is 0 Å². The average molecular weight is 550 g/mol. The molecule has 0 heterocycles. The molecule has 0 amide bonds. The minimum atomic E-state index is -0.530. The largest absolute Gasteiger partial charge is 0.456 e. The maximum Gasteiger partial charge on any atom is 0.270 e. The molecule has 0 unspecified atom stereocenters. The monoisotopic (exact) mass is 548 g/mol. The lowest BCUT2D eigenvalue weighted by molar-refractivity contribution is -0.385. The van der Waals surface area contributed by atoms with E-state index in [4.69, 9.17) is 51.1 Å². The molecule has 35 heavy (non-hydrogen) atoms. The number of nitro groups is 2.